The average Bonchev–Trinajstić information content (AvgIpc) is 3.14. The Morgan fingerprint density at radius 3 is 0.927 bits per heavy atom. The molecular formula is C49H52O4P2. The summed E-state index contributed by atoms with van der Waals surface area (Å²) in [4.78, 5) is 0. The quantitative estimate of drug-likeness (QED) is 0.159. The van der Waals surface area contributed by atoms with Crippen LogP contribution in [0.2, 0.25) is 0 Å². The summed E-state index contributed by atoms with van der Waals surface area (Å²) in [6.45, 7) is 20.5. The van der Waals surface area contributed by atoms with Crippen LogP contribution >= 0.6 is 14.3 Å². The van der Waals surface area contributed by atoms with Crippen LogP contribution < -0.4 is 41.3 Å². The lowest BCUT2D eigenvalue weighted by atomic mass is 10.0. The lowest BCUT2D eigenvalue weighted by Crippen LogP contribution is -2.31. The molecule has 0 amide bonds. The van der Waals surface area contributed by atoms with Crippen LogP contribution in [-0.2, 0) is 9.13 Å². The zero-order chi connectivity index (χ0) is 39.4. The lowest BCUT2D eigenvalue weighted by molar-refractivity contribution is 0.134. The molecule has 55 heavy (non-hydrogen) atoms. The van der Waals surface area contributed by atoms with Gasteiger partial charge in [0.1, 0.15) is 11.5 Å². The van der Waals surface area contributed by atoms with E-state index in [2.05, 4.69) is 142 Å². The maximum absolute atomic E-state index is 16.9. The van der Waals surface area contributed by atoms with Crippen molar-refractivity contribution in [3.05, 3.63) is 154 Å². The molecule has 1 aliphatic heterocycles. The van der Waals surface area contributed by atoms with Crippen molar-refractivity contribution >= 4 is 46.1 Å². The van der Waals surface area contributed by atoms with Crippen molar-refractivity contribution in [3.8, 4) is 22.6 Å². The van der Waals surface area contributed by atoms with E-state index < -0.39 is 14.3 Å². The van der Waals surface area contributed by atoms with Gasteiger partial charge in [-0.1, -0.05) is 80.9 Å². The molecule has 1 aliphatic rings. The molecule has 0 fully saturated rings. The molecule has 0 saturated carbocycles. The summed E-state index contributed by atoms with van der Waals surface area (Å²) in [6.07, 6.45) is 0.203. The molecule has 0 saturated heterocycles. The average molecular weight is 767 g/mol. The summed E-state index contributed by atoms with van der Waals surface area (Å²) in [7, 11) is -7.31. The molecule has 2 atom stereocenters. The molecule has 6 heteroatoms. The highest BCUT2D eigenvalue weighted by Gasteiger charge is 2.41. The van der Waals surface area contributed by atoms with Gasteiger partial charge in [0.25, 0.3) is 0 Å². The molecule has 0 aromatic heterocycles. The Morgan fingerprint density at radius 2 is 0.673 bits per heavy atom. The zero-order valence-electron chi connectivity index (χ0n) is 33.8. The molecule has 6 aromatic rings. The first-order valence-electron chi connectivity index (χ1n) is 19.2. The molecule has 282 valence electrons. The van der Waals surface area contributed by atoms with Crippen LogP contribution in [0, 0.1) is 55.4 Å². The third-order valence-corrected chi connectivity index (χ3v) is 16.6. The van der Waals surface area contributed by atoms with Crippen molar-refractivity contribution in [2.45, 2.75) is 87.9 Å². The van der Waals surface area contributed by atoms with E-state index in [-0.39, 0.29) is 12.2 Å². The number of fused-ring (bicyclic) bond motifs is 3. The number of benzene rings is 6. The van der Waals surface area contributed by atoms with Crippen molar-refractivity contribution in [3.63, 3.8) is 0 Å². The summed E-state index contributed by atoms with van der Waals surface area (Å²) < 4.78 is 47.5. The van der Waals surface area contributed by atoms with Gasteiger partial charge in [0, 0.05) is 49.4 Å². The van der Waals surface area contributed by atoms with E-state index in [0.717, 1.165) is 65.7 Å². The predicted octanol–water partition coefficient (Wildman–Crippen LogP) is 10.0. The minimum atomic E-state index is -3.66. The van der Waals surface area contributed by atoms with E-state index in [0.29, 0.717) is 39.7 Å². The monoisotopic (exact) mass is 766 g/mol. The molecule has 0 N–H and O–H groups in total. The van der Waals surface area contributed by atoms with Crippen molar-refractivity contribution in [1.82, 2.24) is 0 Å². The molecule has 7 rings (SSSR count). The first-order valence-corrected chi connectivity index (χ1v) is 22.6. The second kappa shape index (κ2) is 14.8. The number of aryl methyl sites for hydroxylation is 8. The Bertz CT molecular complexity index is 2200. The number of rotatable bonds is 6. The summed E-state index contributed by atoms with van der Waals surface area (Å²) in [5.74, 6) is 1.19. The van der Waals surface area contributed by atoms with E-state index in [4.69, 9.17) is 9.47 Å². The van der Waals surface area contributed by atoms with E-state index >= 15 is 9.13 Å². The highest BCUT2D eigenvalue weighted by Crippen LogP contribution is 2.54. The van der Waals surface area contributed by atoms with Gasteiger partial charge < -0.3 is 18.6 Å². The Balaban J connectivity index is 1.69. The highest BCUT2D eigenvalue weighted by atomic mass is 31.2. The standard InChI is InChI=1S/C49H52O4P2/c1-30-17-31(2)22-40(21-30)54(50,41-23-32(3)18-33(4)24-41)46-15-11-13-44-48(46)49-45(53-39(10)29-38(9)52-44)14-12-16-47(49)55(51,42-25-34(5)19-35(6)26-42)43-27-36(7)20-37(8)28-43/h11-28,38-39H,29H2,1-10H3/t38-,39-/m1/s1. The first kappa shape index (κ1) is 38.6. The van der Waals surface area contributed by atoms with Gasteiger partial charge in [0.2, 0.25) is 0 Å². The minimum absolute atomic E-state index is 0.214. The molecular weight excluding hydrogens is 714 g/mol. The third-order valence-electron chi connectivity index (χ3n) is 10.5. The Hall–Kier alpha value is -4.62. The lowest BCUT2D eigenvalue weighted by Gasteiger charge is -2.29. The van der Waals surface area contributed by atoms with Gasteiger partial charge in [0.05, 0.1) is 12.2 Å². The summed E-state index contributed by atoms with van der Waals surface area (Å²) in [5, 5.41) is 4.25. The second-order valence-corrected chi connectivity index (χ2v) is 21.5. The van der Waals surface area contributed by atoms with Crippen LogP contribution in [0.4, 0.5) is 0 Å². The van der Waals surface area contributed by atoms with Gasteiger partial charge >= 0.3 is 0 Å². The fourth-order valence-corrected chi connectivity index (χ4v) is 15.1. The van der Waals surface area contributed by atoms with Gasteiger partial charge in [-0.2, -0.15) is 0 Å². The van der Waals surface area contributed by atoms with Crippen LogP contribution in [0.1, 0.15) is 64.8 Å². The van der Waals surface area contributed by atoms with Crippen LogP contribution in [0.15, 0.2) is 109 Å². The molecule has 1 heterocycles. The van der Waals surface area contributed by atoms with Crippen molar-refractivity contribution in [2.75, 3.05) is 0 Å². The number of hydrogen-bond donors (Lipinski definition) is 0. The van der Waals surface area contributed by atoms with Crippen LogP contribution in [0.3, 0.4) is 0 Å². The second-order valence-electron chi connectivity index (χ2n) is 16.0. The Labute approximate surface area is 327 Å². The number of hydrogen-bond acceptors (Lipinski definition) is 4. The third kappa shape index (κ3) is 7.28. The molecule has 6 aromatic carbocycles. The highest BCUT2D eigenvalue weighted by molar-refractivity contribution is 7.86. The van der Waals surface area contributed by atoms with E-state index in [1.165, 1.54) is 0 Å². The maximum atomic E-state index is 16.9. The molecule has 0 aliphatic carbocycles. The summed E-state index contributed by atoms with van der Waals surface area (Å²) >= 11 is 0. The van der Waals surface area contributed by atoms with Gasteiger partial charge in [-0.05, 0) is 142 Å². The van der Waals surface area contributed by atoms with E-state index in [9.17, 15) is 0 Å². The van der Waals surface area contributed by atoms with Crippen LogP contribution in [0.25, 0.3) is 11.1 Å². The van der Waals surface area contributed by atoms with Crippen molar-refractivity contribution in [1.29, 1.82) is 0 Å². The van der Waals surface area contributed by atoms with E-state index in [1.54, 1.807) is 0 Å². The molecule has 4 nitrogen and oxygen atoms in total. The minimum Gasteiger partial charge on any atom is -0.490 e. The van der Waals surface area contributed by atoms with Crippen LogP contribution in [-0.4, -0.2) is 12.2 Å². The normalized spacial score (nSPS) is 15.8. The zero-order valence-corrected chi connectivity index (χ0v) is 35.6. The smallest absolute Gasteiger partial charge is 0.171 e. The van der Waals surface area contributed by atoms with Gasteiger partial charge in [-0.25, -0.2) is 0 Å². The van der Waals surface area contributed by atoms with Crippen molar-refractivity contribution < 1.29 is 18.6 Å². The van der Waals surface area contributed by atoms with Gasteiger partial charge in [-0.15, -0.1) is 0 Å². The van der Waals surface area contributed by atoms with E-state index in [1.807, 2.05) is 36.4 Å². The Kier molecular flexibility index (Phi) is 10.4. The SMILES string of the molecule is Cc1cc(C)cc(P(=O)(c2cc(C)cc(C)c2)c2cccc3c2-c2c(cccc2P(=O)(c2cc(C)cc(C)c2)c2cc(C)cc(C)c2)O[C@H](C)C[C@@H](C)O3)c1. The predicted molar refractivity (Wildman–Crippen MR) is 233 cm³/mol. The fourth-order valence-electron chi connectivity index (χ4n) is 8.64. The maximum Gasteiger partial charge on any atom is 0.171 e. The van der Waals surface area contributed by atoms with Gasteiger partial charge in [-0.3, -0.25) is 0 Å². The largest absolute Gasteiger partial charge is 0.490 e. The van der Waals surface area contributed by atoms with Gasteiger partial charge in [0.15, 0.2) is 14.3 Å². The summed E-state index contributed by atoms with van der Waals surface area (Å²) in [5.41, 5.74) is 9.59. The molecule has 0 unspecified atom stereocenters. The molecule has 0 spiro atoms. The first-order chi connectivity index (χ1) is 26.1. The summed E-state index contributed by atoms with van der Waals surface area (Å²) in [6, 6.07) is 36.8. The number of ether oxygens (including phenoxy) is 2. The molecule has 0 bridgehead atoms. The topological polar surface area (TPSA) is 52.6 Å². The molecule has 0 radical (unpaired) electrons. The fraction of sp³-hybridized carbons (Fsp3) is 0.265. The Morgan fingerprint density at radius 1 is 0.418 bits per heavy atom. The van der Waals surface area contributed by atoms with Crippen LogP contribution in [0.5, 0.6) is 11.5 Å². The van der Waals surface area contributed by atoms with Crippen molar-refractivity contribution in [2.24, 2.45) is 0 Å².